The van der Waals surface area contributed by atoms with Crippen molar-refractivity contribution in [1.82, 2.24) is 10.3 Å². The normalized spacial score (nSPS) is 9.88. The first-order valence-electron chi connectivity index (χ1n) is 6.96. The van der Waals surface area contributed by atoms with E-state index in [9.17, 15) is 19.7 Å². The summed E-state index contributed by atoms with van der Waals surface area (Å²) < 4.78 is 0. The van der Waals surface area contributed by atoms with E-state index in [4.69, 9.17) is 0 Å². The third-order valence-electron chi connectivity index (χ3n) is 3.06. The highest BCUT2D eigenvalue weighted by molar-refractivity contribution is 5.96. The number of pyridine rings is 1. The highest BCUT2D eigenvalue weighted by Gasteiger charge is 2.17. The molecule has 2 aromatic rings. The van der Waals surface area contributed by atoms with Gasteiger partial charge in [-0.15, -0.1) is 0 Å². The van der Waals surface area contributed by atoms with Gasteiger partial charge in [0.05, 0.1) is 11.5 Å². The van der Waals surface area contributed by atoms with E-state index in [-0.39, 0.29) is 23.5 Å². The van der Waals surface area contributed by atoms with E-state index < -0.39 is 16.7 Å². The molecular weight excluding hydrogens is 314 g/mol. The van der Waals surface area contributed by atoms with Crippen LogP contribution in [0, 0.1) is 10.1 Å². The molecule has 0 aliphatic carbocycles. The number of nitrogens with one attached hydrogen (secondary N) is 3. The molecule has 9 heteroatoms. The third-order valence-corrected chi connectivity index (χ3v) is 3.06. The zero-order valence-corrected chi connectivity index (χ0v) is 12.8. The first kappa shape index (κ1) is 16.9. The second-order valence-electron chi connectivity index (χ2n) is 4.68. The minimum absolute atomic E-state index is 0.142. The van der Waals surface area contributed by atoms with Gasteiger partial charge in [-0.2, -0.15) is 0 Å². The van der Waals surface area contributed by atoms with Gasteiger partial charge in [0.1, 0.15) is 11.5 Å². The molecule has 1 aromatic heterocycles. The molecular formula is C15H15N5O4. The number of aromatic nitrogens is 1. The van der Waals surface area contributed by atoms with Gasteiger partial charge in [-0.25, -0.2) is 4.98 Å². The molecule has 0 fully saturated rings. The Morgan fingerprint density at radius 1 is 1.25 bits per heavy atom. The second-order valence-corrected chi connectivity index (χ2v) is 4.68. The van der Waals surface area contributed by atoms with Crippen LogP contribution in [0.1, 0.15) is 10.4 Å². The zero-order valence-electron chi connectivity index (χ0n) is 12.8. The van der Waals surface area contributed by atoms with Gasteiger partial charge < -0.3 is 16.0 Å². The predicted octanol–water partition coefficient (Wildman–Crippen LogP) is 1.40. The Morgan fingerprint density at radius 3 is 2.67 bits per heavy atom. The van der Waals surface area contributed by atoms with E-state index in [1.807, 2.05) is 0 Å². The van der Waals surface area contributed by atoms with Gasteiger partial charge in [0.25, 0.3) is 11.6 Å². The van der Waals surface area contributed by atoms with E-state index in [2.05, 4.69) is 20.9 Å². The first-order chi connectivity index (χ1) is 11.5. The molecule has 0 unspecified atom stereocenters. The van der Waals surface area contributed by atoms with Gasteiger partial charge in [0, 0.05) is 24.9 Å². The van der Waals surface area contributed by atoms with E-state index >= 15 is 0 Å². The number of nitro groups is 1. The molecule has 3 N–H and O–H groups in total. The number of hydrogen-bond acceptors (Lipinski definition) is 6. The minimum atomic E-state index is -0.620. The van der Waals surface area contributed by atoms with Crippen LogP contribution in [-0.4, -0.2) is 35.3 Å². The Labute approximate surface area is 137 Å². The molecule has 0 saturated carbocycles. The summed E-state index contributed by atoms with van der Waals surface area (Å²) in [7, 11) is 1.43. The number of benzene rings is 1. The van der Waals surface area contributed by atoms with Crippen molar-refractivity contribution in [3.8, 4) is 0 Å². The van der Waals surface area contributed by atoms with Gasteiger partial charge in [0.2, 0.25) is 5.91 Å². The summed E-state index contributed by atoms with van der Waals surface area (Å²) in [5.74, 6) is -0.454. The number of rotatable bonds is 6. The number of amides is 2. The number of carbonyl (C=O) groups is 2. The highest BCUT2D eigenvalue weighted by Crippen LogP contribution is 2.25. The molecule has 0 aliphatic heterocycles. The first-order valence-corrected chi connectivity index (χ1v) is 6.96. The van der Waals surface area contributed by atoms with Crippen LogP contribution < -0.4 is 16.0 Å². The van der Waals surface area contributed by atoms with Crippen molar-refractivity contribution < 1.29 is 14.5 Å². The second kappa shape index (κ2) is 7.68. The molecule has 124 valence electrons. The van der Waals surface area contributed by atoms with Crippen LogP contribution in [0.4, 0.5) is 17.2 Å². The lowest BCUT2D eigenvalue weighted by Crippen LogP contribution is -2.23. The van der Waals surface area contributed by atoms with Crippen molar-refractivity contribution in [3.05, 3.63) is 58.3 Å². The molecule has 1 aromatic carbocycles. The smallest absolute Gasteiger partial charge is 0.293 e. The fourth-order valence-corrected chi connectivity index (χ4v) is 1.92. The summed E-state index contributed by atoms with van der Waals surface area (Å²) in [6, 6.07) is 9.03. The van der Waals surface area contributed by atoms with Crippen LogP contribution in [0.3, 0.4) is 0 Å². The molecule has 0 radical (unpaired) electrons. The van der Waals surface area contributed by atoms with E-state index in [1.165, 1.54) is 25.4 Å². The Balaban J connectivity index is 2.07. The molecule has 9 nitrogen and oxygen atoms in total. The van der Waals surface area contributed by atoms with Crippen LogP contribution in [0.25, 0.3) is 0 Å². The van der Waals surface area contributed by atoms with Crippen LogP contribution in [0.5, 0.6) is 0 Å². The quantitative estimate of drug-likeness (QED) is 0.543. The maximum atomic E-state index is 11.8. The zero-order chi connectivity index (χ0) is 17.5. The number of carbonyl (C=O) groups excluding carboxylic acids is 2. The van der Waals surface area contributed by atoms with Crippen molar-refractivity contribution in [1.29, 1.82) is 0 Å². The predicted molar refractivity (Wildman–Crippen MR) is 87.8 cm³/mol. The average Bonchev–Trinajstić information content (AvgIpc) is 2.60. The summed E-state index contributed by atoms with van der Waals surface area (Å²) in [5, 5.41) is 18.8. The van der Waals surface area contributed by atoms with Crippen molar-refractivity contribution >= 4 is 29.0 Å². The lowest BCUT2D eigenvalue weighted by molar-refractivity contribution is -0.384. The van der Waals surface area contributed by atoms with Crippen molar-refractivity contribution in [2.45, 2.75) is 0 Å². The van der Waals surface area contributed by atoms with Crippen LogP contribution in [0.15, 0.2) is 42.6 Å². The number of nitro benzene ring substituents is 1. The van der Waals surface area contributed by atoms with Gasteiger partial charge in [0.15, 0.2) is 0 Å². The third kappa shape index (κ3) is 4.26. The van der Waals surface area contributed by atoms with E-state index in [0.29, 0.717) is 5.82 Å². The van der Waals surface area contributed by atoms with Crippen LogP contribution >= 0.6 is 0 Å². The van der Waals surface area contributed by atoms with Crippen molar-refractivity contribution in [3.63, 3.8) is 0 Å². The van der Waals surface area contributed by atoms with E-state index in [1.54, 1.807) is 18.2 Å². The monoisotopic (exact) mass is 329 g/mol. The van der Waals surface area contributed by atoms with Crippen molar-refractivity contribution in [2.75, 3.05) is 24.2 Å². The van der Waals surface area contributed by atoms with Gasteiger partial charge in [-0.05, 0) is 24.3 Å². The molecule has 0 atom stereocenters. The molecule has 0 saturated heterocycles. The summed E-state index contributed by atoms with van der Waals surface area (Å²) in [6.07, 6.45) is 1.53. The summed E-state index contributed by atoms with van der Waals surface area (Å²) >= 11 is 0. The largest absolute Gasteiger partial charge is 0.371 e. The maximum Gasteiger partial charge on any atom is 0.293 e. The molecule has 0 bridgehead atoms. The minimum Gasteiger partial charge on any atom is -0.371 e. The number of nitrogens with zero attached hydrogens (tertiary/aromatic N) is 2. The molecule has 2 amide bonds. The van der Waals surface area contributed by atoms with Gasteiger partial charge >= 0.3 is 0 Å². The van der Waals surface area contributed by atoms with Crippen LogP contribution in [0.2, 0.25) is 0 Å². The topological polar surface area (TPSA) is 126 Å². The molecule has 1 heterocycles. The molecule has 24 heavy (non-hydrogen) atoms. The average molecular weight is 329 g/mol. The Hall–Kier alpha value is -3.49. The standard InChI is InChI=1S/C15H15N5O4/c1-16-15(22)10-5-6-11(12(8-10)20(23)24)18-9-14(21)19-13-4-2-3-7-17-13/h2-8,18H,9H2,1H3,(H,16,22)(H,17,19,21). The van der Waals surface area contributed by atoms with Gasteiger partial charge in [-0.3, -0.25) is 19.7 Å². The SMILES string of the molecule is CNC(=O)c1ccc(NCC(=O)Nc2ccccn2)c([N+](=O)[O-])c1. The Bertz CT molecular complexity index is 764. The number of hydrogen-bond donors (Lipinski definition) is 3. The number of anilines is 2. The molecule has 0 spiro atoms. The van der Waals surface area contributed by atoms with E-state index in [0.717, 1.165) is 6.07 Å². The highest BCUT2D eigenvalue weighted by atomic mass is 16.6. The summed E-state index contributed by atoms with van der Waals surface area (Å²) in [5.41, 5.74) is 0.0123. The van der Waals surface area contributed by atoms with Crippen molar-refractivity contribution in [2.24, 2.45) is 0 Å². The molecule has 2 rings (SSSR count). The lowest BCUT2D eigenvalue weighted by Gasteiger charge is -2.09. The summed E-state index contributed by atoms with van der Waals surface area (Å²) in [4.78, 5) is 37.9. The van der Waals surface area contributed by atoms with Gasteiger partial charge in [-0.1, -0.05) is 6.07 Å². The molecule has 0 aliphatic rings. The Kier molecular flexibility index (Phi) is 5.40. The summed E-state index contributed by atoms with van der Waals surface area (Å²) in [6.45, 7) is -0.184. The van der Waals surface area contributed by atoms with Crippen LogP contribution in [-0.2, 0) is 4.79 Å². The lowest BCUT2D eigenvalue weighted by atomic mass is 10.1. The Morgan fingerprint density at radius 2 is 2.04 bits per heavy atom. The maximum absolute atomic E-state index is 11.8. The fraction of sp³-hybridized carbons (Fsp3) is 0.133. The fourth-order valence-electron chi connectivity index (χ4n) is 1.92.